The summed E-state index contributed by atoms with van der Waals surface area (Å²) < 4.78 is 0. The second-order valence-electron chi connectivity index (χ2n) is 4.26. The zero-order valence-corrected chi connectivity index (χ0v) is 13.2. The predicted octanol–water partition coefficient (Wildman–Crippen LogP) is 5.26. The van der Waals surface area contributed by atoms with Crippen LogP contribution < -0.4 is 5.32 Å². The van der Waals surface area contributed by atoms with E-state index in [-0.39, 0.29) is 0 Å². The van der Waals surface area contributed by atoms with Crippen LogP contribution in [0.1, 0.15) is 32.6 Å². The molecule has 1 N–H and O–H groups in total. The van der Waals surface area contributed by atoms with Crippen LogP contribution in [0.15, 0.2) is 23.1 Å². The maximum Gasteiger partial charge on any atom is 0.0431 e. The average Bonchev–Trinajstić information content (AvgIpc) is 2.31. The quantitative estimate of drug-likeness (QED) is 0.493. The third-order valence-corrected chi connectivity index (χ3v) is 4.00. The van der Waals surface area contributed by atoms with Crippen molar-refractivity contribution in [2.24, 2.45) is 0 Å². The Kier molecular flexibility index (Phi) is 8.95. The summed E-state index contributed by atoms with van der Waals surface area (Å²) in [5, 5.41) is 4.87. The van der Waals surface area contributed by atoms with Crippen LogP contribution in [0.2, 0.25) is 10.0 Å². The van der Waals surface area contributed by atoms with Gasteiger partial charge in [0.05, 0.1) is 0 Å². The molecule has 0 saturated heterocycles. The molecule has 1 nitrogen and oxygen atoms in total. The maximum atomic E-state index is 5.95. The minimum Gasteiger partial charge on any atom is -0.316 e. The van der Waals surface area contributed by atoms with Crippen molar-refractivity contribution >= 4 is 35.0 Å². The Balaban J connectivity index is 2.07. The first-order valence-electron chi connectivity index (χ1n) is 6.52. The first-order chi connectivity index (χ1) is 8.72. The van der Waals surface area contributed by atoms with Gasteiger partial charge in [-0.05, 0) is 31.2 Å². The van der Waals surface area contributed by atoms with E-state index >= 15 is 0 Å². The first-order valence-corrected chi connectivity index (χ1v) is 8.26. The summed E-state index contributed by atoms with van der Waals surface area (Å²) in [5.74, 6) is 1.05. The van der Waals surface area contributed by atoms with E-state index in [1.165, 1.54) is 25.7 Å². The van der Waals surface area contributed by atoms with Crippen molar-refractivity contribution in [3.63, 3.8) is 0 Å². The molecule has 0 spiro atoms. The number of hydrogen-bond donors (Lipinski definition) is 1. The predicted molar refractivity (Wildman–Crippen MR) is 84.2 cm³/mol. The van der Waals surface area contributed by atoms with Crippen molar-refractivity contribution in [2.75, 3.05) is 18.8 Å². The summed E-state index contributed by atoms with van der Waals surface area (Å²) in [7, 11) is 0. The number of rotatable bonds is 9. The van der Waals surface area contributed by atoms with Gasteiger partial charge >= 0.3 is 0 Å². The lowest BCUT2D eigenvalue weighted by Crippen LogP contribution is -2.18. The van der Waals surface area contributed by atoms with Gasteiger partial charge in [-0.2, -0.15) is 0 Å². The molecule has 102 valence electrons. The number of thioether (sulfide) groups is 1. The highest BCUT2D eigenvalue weighted by Gasteiger charge is 1.98. The van der Waals surface area contributed by atoms with Crippen molar-refractivity contribution < 1.29 is 0 Å². The Bertz CT molecular complexity index is 324. The number of benzene rings is 1. The summed E-state index contributed by atoms with van der Waals surface area (Å²) in [6, 6.07) is 5.68. The second kappa shape index (κ2) is 9.96. The van der Waals surface area contributed by atoms with Gasteiger partial charge in [0.2, 0.25) is 0 Å². The molecular weight excluding hydrogens is 285 g/mol. The van der Waals surface area contributed by atoms with E-state index in [9.17, 15) is 0 Å². The van der Waals surface area contributed by atoms with E-state index in [0.29, 0.717) is 10.0 Å². The lowest BCUT2D eigenvalue weighted by Gasteiger charge is -2.05. The number of hydrogen-bond acceptors (Lipinski definition) is 2. The van der Waals surface area contributed by atoms with E-state index in [4.69, 9.17) is 23.2 Å². The normalized spacial score (nSPS) is 10.8. The lowest BCUT2D eigenvalue weighted by molar-refractivity contribution is 0.613. The molecule has 1 aromatic rings. The minimum absolute atomic E-state index is 0.706. The van der Waals surface area contributed by atoms with Gasteiger partial charge < -0.3 is 5.32 Å². The highest BCUT2D eigenvalue weighted by Crippen LogP contribution is 2.26. The van der Waals surface area contributed by atoms with Gasteiger partial charge in [0, 0.05) is 27.2 Å². The van der Waals surface area contributed by atoms with Gasteiger partial charge in [0.25, 0.3) is 0 Å². The molecule has 0 amide bonds. The van der Waals surface area contributed by atoms with Crippen LogP contribution in [0.5, 0.6) is 0 Å². The summed E-state index contributed by atoms with van der Waals surface area (Å²) >= 11 is 13.7. The molecule has 1 aromatic carbocycles. The molecule has 0 atom stereocenters. The van der Waals surface area contributed by atoms with Gasteiger partial charge in [0.15, 0.2) is 0 Å². The fraction of sp³-hybridized carbons (Fsp3) is 0.571. The number of nitrogens with one attached hydrogen (secondary N) is 1. The number of halogens is 2. The molecule has 0 bridgehead atoms. The molecule has 0 fully saturated rings. The van der Waals surface area contributed by atoms with Crippen molar-refractivity contribution in [3.8, 4) is 0 Å². The SMILES string of the molecule is CCCCCCNCCSc1cc(Cl)cc(Cl)c1. The van der Waals surface area contributed by atoms with E-state index in [2.05, 4.69) is 12.2 Å². The van der Waals surface area contributed by atoms with E-state index in [1.54, 1.807) is 17.8 Å². The monoisotopic (exact) mass is 305 g/mol. The van der Waals surface area contributed by atoms with Crippen LogP contribution >= 0.6 is 35.0 Å². The van der Waals surface area contributed by atoms with Gasteiger partial charge in [-0.3, -0.25) is 0 Å². The van der Waals surface area contributed by atoms with E-state index in [0.717, 1.165) is 23.7 Å². The molecule has 0 aliphatic heterocycles. The molecule has 0 aliphatic carbocycles. The first kappa shape index (κ1) is 16.2. The van der Waals surface area contributed by atoms with E-state index in [1.807, 2.05) is 12.1 Å². The molecule has 0 heterocycles. The summed E-state index contributed by atoms with van der Waals surface area (Å²) in [6.07, 6.45) is 5.25. The van der Waals surface area contributed by atoms with Crippen LogP contribution in [-0.2, 0) is 0 Å². The molecule has 0 unspecified atom stereocenters. The molecule has 0 radical (unpaired) electrons. The topological polar surface area (TPSA) is 12.0 Å². The third-order valence-electron chi connectivity index (χ3n) is 2.59. The molecule has 4 heteroatoms. The fourth-order valence-corrected chi connectivity index (χ4v) is 3.21. The minimum atomic E-state index is 0.706. The van der Waals surface area contributed by atoms with Crippen LogP contribution in [-0.4, -0.2) is 18.8 Å². The van der Waals surface area contributed by atoms with Crippen LogP contribution in [0, 0.1) is 0 Å². The Morgan fingerprint density at radius 3 is 2.39 bits per heavy atom. The Hall–Kier alpha value is 0.110. The van der Waals surface area contributed by atoms with Crippen molar-refractivity contribution in [1.82, 2.24) is 5.32 Å². The molecule has 1 rings (SSSR count). The Morgan fingerprint density at radius 2 is 1.72 bits per heavy atom. The van der Waals surface area contributed by atoms with Crippen LogP contribution in [0.25, 0.3) is 0 Å². The van der Waals surface area contributed by atoms with Crippen LogP contribution in [0.4, 0.5) is 0 Å². The van der Waals surface area contributed by atoms with Crippen molar-refractivity contribution in [1.29, 1.82) is 0 Å². The summed E-state index contributed by atoms with van der Waals surface area (Å²) in [6.45, 7) is 4.39. The third kappa shape index (κ3) is 7.52. The lowest BCUT2D eigenvalue weighted by atomic mass is 10.2. The Morgan fingerprint density at radius 1 is 1.00 bits per heavy atom. The smallest absolute Gasteiger partial charge is 0.0431 e. The average molecular weight is 306 g/mol. The Labute approximate surface area is 125 Å². The molecule has 0 aliphatic rings. The molecule has 0 saturated carbocycles. The maximum absolute atomic E-state index is 5.95. The summed E-state index contributed by atoms with van der Waals surface area (Å²) in [5.41, 5.74) is 0. The van der Waals surface area contributed by atoms with Gasteiger partial charge in [-0.25, -0.2) is 0 Å². The summed E-state index contributed by atoms with van der Waals surface area (Å²) in [4.78, 5) is 1.14. The van der Waals surface area contributed by atoms with E-state index < -0.39 is 0 Å². The zero-order valence-electron chi connectivity index (χ0n) is 10.8. The van der Waals surface area contributed by atoms with Crippen molar-refractivity contribution in [2.45, 2.75) is 37.5 Å². The highest BCUT2D eigenvalue weighted by atomic mass is 35.5. The molecule has 0 aromatic heterocycles. The van der Waals surface area contributed by atoms with Crippen molar-refractivity contribution in [3.05, 3.63) is 28.2 Å². The van der Waals surface area contributed by atoms with Gasteiger partial charge in [-0.1, -0.05) is 49.4 Å². The molecule has 18 heavy (non-hydrogen) atoms. The second-order valence-corrected chi connectivity index (χ2v) is 6.31. The van der Waals surface area contributed by atoms with Gasteiger partial charge in [0.1, 0.15) is 0 Å². The fourth-order valence-electron chi connectivity index (χ4n) is 1.65. The van der Waals surface area contributed by atoms with Crippen LogP contribution in [0.3, 0.4) is 0 Å². The number of unbranched alkanes of at least 4 members (excludes halogenated alkanes) is 3. The largest absolute Gasteiger partial charge is 0.316 e. The van der Waals surface area contributed by atoms with Gasteiger partial charge in [-0.15, -0.1) is 11.8 Å². The standard InChI is InChI=1S/C14H21Cl2NS/c1-2-3-4-5-6-17-7-8-18-14-10-12(15)9-13(16)11-14/h9-11,17H,2-8H2,1H3. The molecular formula is C14H21Cl2NS. The zero-order chi connectivity index (χ0) is 13.2. The highest BCUT2D eigenvalue weighted by molar-refractivity contribution is 7.99.